The Morgan fingerprint density at radius 3 is 2.10 bits per heavy atom. The minimum absolute atomic E-state index is 0. The SMILES string of the molecule is Cc1ccc([O-])cc1C.[K+]. The third-order valence-electron chi connectivity index (χ3n) is 1.48. The molecule has 0 aliphatic heterocycles. The van der Waals surface area contributed by atoms with E-state index in [2.05, 4.69) is 0 Å². The van der Waals surface area contributed by atoms with Crippen LogP contribution in [-0.2, 0) is 0 Å². The number of hydrogen-bond acceptors (Lipinski definition) is 1. The van der Waals surface area contributed by atoms with Gasteiger partial charge in [-0.1, -0.05) is 18.2 Å². The Hall–Kier alpha value is 0.656. The van der Waals surface area contributed by atoms with Gasteiger partial charge in [0.1, 0.15) is 0 Å². The second-order valence-electron chi connectivity index (χ2n) is 2.25. The molecule has 1 aromatic rings. The fraction of sp³-hybridized carbons (Fsp3) is 0.250. The minimum atomic E-state index is 0. The first-order chi connectivity index (χ1) is 4.20. The third-order valence-corrected chi connectivity index (χ3v) is 1.48. The number of benzene rings is 1. The standard InChI is InChI=1S/C8H10O.K/c1-6-3-4-8(9)5-7(6)2;/h3-5,9H,1-2H3;/q;+1/p-1. The monoisotopic (exact) mass is 160 g/mol. The van der Waals surface area contributed by atoms with Crippen molar-refractivity contribution >= 4 is 0 Å². The summed E-state index contributed by atoms with van der Waals surface area (Å²) < 4.78 is 0. The topological polar surface area (TPSA) is 23.1 Å². The predicted molar refractivity (Wildman–Crippen MR) is 35.4 cm³/mol. The van der Waals surface area contributed by atoms with Gasteiger partial charge in [-0.2, -0.15) is 0 Å². The molecule has 0 saturated carbocycles. The molecule has 1 aromatic carbocycles. The Labute approximate surface area is 104 Å². The summed E-state index contributed by atoms with van der Waals surface area (Å²) in [6.45, 7) is 3.94. The van der Waals surface area contributed by atoms with Gasteiger partial charge >= 0.3 is 51.4 Å². The van der Waals surface area contributed by atoms with Crippen LogP contribution in [0.1, 0.15) is 11.1 Å². The van der Waals surface area contributed by atoms with E-state index in [1.807, 2.05) is 19.9 Å². The summed E-state index contributed by atoms with van der Waals surface area (Å²) in [7, 11) is 0. The molecule has 0 spiro atoms. The molecule has 1 nitrogen and oxygen atoms in total. The van der Waals surface area contributed by atoms with E-state index >= 15 is 0 Å². The van der Waals surface area contributed by atoms with Crippen molar-refractivity contribution < 1.29 is 56.5 Å². The zero-order valence-electron chi connectivity index (χ0n) is 6.64. The van der Waals surface area contributed by atoms with E-state index in [1.54, 1.807) is 12.1 Å². The molecule has 0 bridgehead atoms. The Kier molecular flexibility index (Phi) is 4.81. The zero-order chi connectivity index (χ0) is 6.85. The maximum atomic E-state index is 10.6. The van der Waals surface area contributed by atoms with Crippen LogP contribution in [0.3, 0.4) is 0 Å². The van der Waals surface area contributed by atoms with Gasteiger partial charge in [0.05, 0.1) is 0 Å². The summed E-state index contributed by atoms with van der Waals surface area (Å²) in [5.74, 6) is 0.0955. The van der Waals surface area contributed by atoms with Gasteiger partial charge in [-0.25, -0.2) is 0 Å². The van der Waals surface area contributed by atoms with Crippen molar-refractivity contribution in [3.05, 3.63) is 29.3 Å². The Morgan fingerprint density at radius 1 is 1.10 bits per heavy atom. The number of rotatable bonds is 0. The van der Waals surface area contributed by atoms with Crippen LogP contribution >= 0.6 is 0 Å². The third kappa shape index (κ3) is 2.72. The number of aryl methyl sites for hydroxylation is 2. The van der Waals surface area contributed by atoms with Gasteiger partial charge < -0.3 is 5.11 Å². The summed E-state index contributed by atoms with van der Waals surface area (Å²) in [6.07, 6.45) is 0. The first-order valence-electron chi connectivity index (χ1n) is 2.94. The summed E-state index contributed by atoms with van der Waals surface area (Å²) in [5, 5.41) is 10.6. The summed E-state index contributed by atoms with van der Waals surface area (Å²) in [4.78, 5) is 0. The fourth-order valence-electron chi connectivity index (χ4n) is 0.714. The molecule has 0 amide bonds. The van der Waals surface area contributed by atoms with Crippen molar-refractivity contribution in [1.82, 2.24) is 0 Å². The van der Waals surface area contributed by atoms with E-state index in [-0.39, 0.29) is 57.1 Å². The van der Waals surface area contributed by atoms with Crippen LogP contribution in [0.15, 0.2) is 18.2 Å². The van der Waals surface area contributed by atoms with Gasteiger partial charge in [-0.3, -0.25) is 0 Å². The largest absolute Gasteiger partial charge is 1.00 e. The van der Waals surface area contributed by atoms with Gasteiger partial charge in [-0.05, 0) is 25.0 Å². The predicted octanol–water partition coefficient (Wildman–Crippen LogP) is -1.62. The van der Waals surface area contributed by atoms with E-state index in [9.17, 15) is 5.11 Å². The van der Waals surface area contributed by atoms with E-state index in [4.69, 9.17) is 0 Å². The molecule has 0 aliphatic carbocycles. The van der Waals surface area contributed by atoms with Crippen LogP contribution in [0.2, 0.25) is 0 Å². The molecule has 0 aromatic heterocycles. The number of hydrogen-bond donors (Lipinski definition) is 0. The average molecular weight is 160 g/mol. The van der Waals surface area contributed by atoms with E-state index in [0.29, 0.717) is 0 Å². The van der Waals surface area contributed by atoms with Gasteiger partial charge in [0.15, 0.2) is 0 Å². The van der Waals surface area contributed by atoms with Crippen LogP contribution in [0.5, 0.6) is 5.75 Å². The van der Waals surface area contributed by atoms with E-state index < -0.39 is 0 Å². The van der Waals surface area contributed by atoms with Gasteiger partial charge in [0.2, 0.25) is 0 Å². The van der Waals surface area contributed by atoms with Crippen molar-refractivity contribution in [1.29, 1.82) is 0 Å². The fourth-order valence-corrected chi connectivity index (χ4v) is 0.714. The van der Waals surface area contributed by atoms with Crippen LogP contribution in [0.4, 0.5) is 0 Å². The van der Waals surface area contributed by atoms with Crippen molar-refractivity contribution in [2.24, 2.45) is 0 Å². The first-order valence-corrected chi connectivity index (χ1v) is 2.94. The molecule has 2 heteroatoms. The van der Waals surface area contributed by atoms with Gasteiger partial charge in [0, 0.05) is 0 Å². The normalized spacial score (nSPS) is 8.60. The summed E-state index contributed by atoms with van der Waals surface area (Å²) in [5.41, 5.74) is 2.25. The summed E-state index contributed by atoms with van der Waals surface area (Å²) >= 11 is 0. The molecule has 0 saturated heterocycles. The molecule has 0 radical (unpaired) electrons. The van der Waals surface area contributed by atoms with Crippen molar-refractivity contribution in [3.63, 3.8) is 0 Å². The molecule has 0 aliphatic rings. The average Bonchev–Trinajstić information content (AvgIpc) is 1.80. The maximum absolute atomic E-state index is 10.6. The molecule has 0 N–H and O–H groups in total. The molecular weight excluding hydrogens is 151 g/mol. The molecule has 48 valence electrons. The minimum Gasteiger partial charge on any atom is -0.872 e. The van der Waals surface area contributed by atoms with Crippen molar-refractivity contribution in [2.75, 3.05) is 0 Å². The van der Waals surface area contributed by atoms with E-state index in [0.717, 1.165) is 5.56 Å². The van der Waals surface area contributed by atoms with Crippen molar-refractivity contribution in [2.45, 2.75) is 13.8 Å². The van der Waals surface area contributed by atoms with Crippen molar-refractivity contribution in [3.8, 4) is 5.75 Å². The summed E-state index contributed by atoms with van der Waals surface area (Å²) in [6, 6.07) is 5.08. The molecule has 0 heterocycles. The molecule has 0 unspecified atom stereocenters. The van der Waals surface area contributed by atoms with Gasteiger partial charge in [-0.15, -0.1) is 5.75 Å². The van der Waals surface area contributed by atoms with Crippen LogP contribution < -0.4 is 56.5 Å². The Morgan fingerprint density at radius 2 is 1.70 bits per heavy atom. The molecule has 10 heavy (non-hydrogen) atoms. The quantitative estimate of drug-likeness (QED) is 0.418. The molecule has 1 rings (SSSR count). The zero-order valence-corrected chi connectivity index (χ0v) is 9.76. The Bertz CT molecular complexity index is 220. The van der Waals surface area contributed by atoms with E-state index in [1.165, 1.54) is 5.56 Å². The maximum Gasteiger partial charge on any atom is 1.00 e. The molecule has 0 atom stereocenters. The first kappa shape index (κ1) is 10.7. The van der Waals surface area contributed by atoms with Gasteiger partial charge in [0.25, 0.3) is 0 Å². The van der Waals surface area contributed by atoms with Crippen LogP contribution in [0, 0.1) is 13.8 Å². The molecular formula is C8H9KO. The second kappa shape index (κ2) is 4.52. The van der Waals surface area contributed by atoms with Crippen LogP contribution in [0.25, 0.3) is 0 Å². The Balaban J connectivity index is 0.000000810. The second-order valence-corrected chi connectivity index (χ2v) is 2.25. The van der Waals surface area contributed by atoms with Crippen LogP contribution in [-0.4, -0.2) is 0 Å². The molecule has 0 fully saturated rings. The smallest absolute Gasteiger partial charge is 0.872 e.